The summed E-state index contributed by atoms with van der Waals surface area (Å²) in [5.41, 5.74) is -0.0308. The molecule has 2 aromatic carbocycles. The van der Waals surface area contributed by atoms with E-state index < -0.39 is 22.9 Å². The van der Waals surface area contributed by atoms with Gasteiger partial charge in [-0.25, -0.2) is 4.79 Å². The molecule has 0 heterocycles. The first-order valence-electron chi connectivity index (χ1n) is 7.28. The molecule has 0 aromatic heterocycles. The van der Waals surface area contributed by atoms with E-state index in [1.54, 1.807) is 12.1 Å². The maximum Gasteiger partial charge on any atom is 0.340 e. The number of carbonyl (C=O) groups excluding carboxylic acids is 2. The van der Waals surface area contributed by atoms with E-state index in [-0.39, 0.29) is 27.5 Å². The average molecular weight is 374 g/mol. The maximum absolute atomic E-state index is 12.2. The lowest BCUT2D eigenvalue weighted by Crippen LogP contribution is -2.30. The van der Waals surface area contributed by atoms with Gasteiger partial charge in [-0.3, -0.25) is 14.9 Å². The van der Waals surface area contributed by atoms with E-state index in [4.69, 9.17) is 21.6 Å². The summed E-state index contributed by atoms with van der Waals surface area (Å²) in [6.45, 7) is 1.33. The fourth-order valence-corrected chi connectivity index (χ4v) is 2.18. The molecule has 0 aliphatic rings. The van der Waals surface area contributed by atoms with Gasteiger partial charge in [-0.15, -0.1) is 0 Å². The molecule has 2 aromatic rings. The quantitative estimate of drug-likeness (QED) is 0.487. The normalized spacial score (nSPS) is 11.1. The Morgan fingerprint density at radius 2 is 2.00 bits per heavy atom. The number of carbonyl (C=O) groups is 2. The predicted octanol–water partition coefficient (Wildman–Crippen LogP) is 3.30. The molecule has 132 valence electrons. The molecule has 8 nitrogen and oxygen atoms in total. The lowest BCUT2D eigenvalue weighted by molar-refractivity contribution is -0.384. The Balaban J connectivity index is 2.12. The van der Waals surface area contributed by atoms with Crippen LogP contribution in [0.25, 0.3) is 0 Å². The number of nitro groups is 1. The zero-order valence-corrected chi connectivity index (χ0v) is 14.2. The van der Waals surface area contributed by atoms with Gasteiger partial charge in [0.2, 0.25) is 0 Å². The summed E-state index contributed by atoms with van der Waals surface area (Å²) >= 11 is 5.87. The fraction of sp³-hybridized carbons (Fsp3) is 0.118. The van der Waals surface area contributed by atoms with Crippen LogP contribution in [0.2, 0.25) is 5.02 Å². The summed E-state index contributed by atoms with van der Waals surface area (Å²) in [5.74, 6) is -1.64. The number of ether oxygens (including phenoxy) is 1. The van der Waals surface area contributed by atoms with Crippen molar-refractivity contribution in [1.82, 2.24) is 0 Å². The van der Waals surface area contributed by atoms with E-state index in [0.717, 1.165) is 12.1 Å². The summed E-state index contributed by atoms with van der Waals surface area (Å²) in [7, 11) is 0. The first kappa shape index (κ1) is 18.9. The van der Waals surface area contributed by atoms with Gasteiger partial charge in [-0.05, 0) is 25.1 Å². The van der Waals surface area contributed by atoms with Crippen molar-refractivity contribution in [2.45, 2.75) is 13.0 Å². The first-order chi connectivity index (χ1) is 12.3. The van der Waals surface area contributed by atoms with E-state index in [1.807, 2.05) is 6.07 Å². The second-order valence-corrected chi connectivity index (χ2v) is 5.52. The molecular weight excluding hydrogens is 362 g/mol. The van der Waals surface area contributed by atoms with Crippen molar-refractivity contribution in [3.63, 3.8) is 0 Å². The van der Waals surface area contributed by atoms with Crippen LogP contribution in [-0.4, -0.2) is 22.9 Å². The van der Waals surface area contributed by atoms with Gasteiger partial charge in [0.05, 0.1) is 26.8 Å². The second kappa shape index (κ2) is 8.09. The zero-order valence-electron chi connectivity index (χ0n) is 13.4. The van der Waals surface area contributed by atoms with Gasteiger partial charge in [0.1, 0.15) is 6.07 Å². The molecule has 0 aliphatic carbocycles. The number of hydrogen-bond donors (Lipinski definition) is 1. The Morgan fingerprint density at radius 3 is 2.65 bits per heavy atom. The van der Waals surface area contributed by atoms with Gasteiger partial charge in [-0.1, -0.05) is 23.7 Å². The number of para-hydroxylation sites is 1. The molecule has 0 saturated heterocycles. The summed E-state index contributed by atoms with van der Waals surface area (Å²) in [6.07, 6.45) is -1.22. The standard InChI is InChI=1S/C17H12ClN3O5/c1-10(16(22)20-15-5-3-2-4-11(15)9-19)26-17(23)13-8-12(21(24)25)6-7-14(13)18/h2-8,10H,1H3,(H,20,22)/t10-/m0/s1. The van der Waals surface area contributed by atoms with Gasteiger partial charge >= 0.3 is 5.97 Å². The number of nitro benzene ring substituents is 1. The molecule has 26 heavy (non-hydrogen) atoms. The summed E-state index contributed by atoms with van der Waals surface area (Å²) in [6, 6.07) is 11.6. The Hall–Kier alpha value is -3.44. The number of nitriles is 1. The van der Waals surface area contributed by atoms with Crippen molar-refractivity contribution in [3.8, 4) is 6.07 Å². The molecule has 0 unspecified atom stereocenters. The van der Waals surface area contributed by atoms with Gasteiger partial charge in [-0.2, -0.15) is 5.26 Å². The average Bonchev–Trinajstić information content (AvgIpc) is 2.62. The number of non-ortho nitro benzene ring substituents is 1. The number of nitrogens with zero attached hydrogens (tertiary/aromatic N) is 2. The number of esters is 1. The largest absolute Gasteiger partial charge is 0.449 e. The van der Waals surface area contributed by atoms with E-state index in [0.29, 0.717) is 0 Å². The van der Waals surface area contributed by atoms with E-state index >= 15 is 0 Å². The molecule has 1 N–H and O–H groups in total. The molecule has 0 bridgehead atoms. The SMILES string of the molecule is C[C@H](OC(=O)c1cc([N+](=O)[O-])ccc1Cl)C(=O)Nc1ccccc1C#N. The number of rotatable bonds is 5. The minimum Gasteiger partial charge on any atom is -0.449 e. The van der Waals surface area contributed by atoms with Crippen molar-refractivity contribution < 1.29 is 19.2 Å². The van der Waals surface area contributed by atoms with Crippen molar-refractivity contribution >= 4 is 34.9 Å². The third kappa shape index (κ3) is 4.34. The summed E-state index contributed by atoms with van der Waals surface area (Å²) in [5, 5.41) is 22.3. The molecule has 9 heteroatoms. The third-order valence-electron chi connectivity index (χ3n) is 3.34. The molecule has 0 saturated carbocycles. The second-order valence-electron chi connectivity index (χ2n) is 5.12. The zero-order chi connectivity index (χ0) is 19.3. The number of amides is 1. The number of nitrogens with one attached hydrogen (secondary N) is 1. The number of halogens is 1. The van der Waals surface area contributed by atoms with Gasteiger partial charge < -0.3 is 10.1 Å². The lowest BCUT2D eigenvalue weighted by Gasteiger charge is -2.14. The molecule has 0 fully saturated rings. The Morgan fingerprint density at radius 1 is 1.31 bits per heavy atom. The monoisotopic (exact) mass is 373 g/mol. The highest BCUT2D eigenvalue weighted by Crippen LogP contribution is 2.23. The highest BCUT2D eigenvalue weighted by molar-refractivity contribution is 6.33. The van der Waals surface area contributed by atoms with Crippen LogP contribution in [-0.2, 0) is 9.53 Å². The van der Waals surface area contributed by atoms with Gasteiger partial charge in [0.15, 0.2) is 6.10 Å². The number of benzene rings is 2. The van der Waals surface area contributed by atoms with Crippen LogP contribution in [0.4, 0.5) is 11.4 Å². The van der Waals surface area contributed by atoms with Crippen LogP contribution >= 0.6 is 11.6 Å². The van der Waals surface area contributed by atoms with Gasteiger partial charge in [0, 0.05) is 12.1 Å². The number of anilines is 1. The summed E-state index contributed by atoms with van der Waals surface area (Å²) in [4.78, 5) is 34.5. The third-order valence-corrected chi connectivity index (χ3v) is 3.67. The molecule has 1 amide bonds. The van der Waals surface area contributed by atoms with Crippen molar-refractivity contribution in [1.29, 1.82) is 5.26 Å². The Bertz CT molecular complexity index is 923. The molecule has 0 spiro atoms. The van der Waals surface area contributed by atoms with Gasteiger partial charge in [0.25, 0.3) is 11.6 Å². The molecular formula is C17H12ClN3O5. The smallest absolute Gasteiger partial charge is 0.340 e. The van der Waals surface area contributed by atoms with Crippen LogP contribution in [0.15, 0.2) is 42.5 Å². The van der Waals surface area contributed by atoms with E-state index in [2.05, 4.69) is 5.32 Å². The van der Waals surface area contributed by atoms with Crippen molar-refractivity contribution in [2.75, 3.05) is 5.32 Å². The van der Waals surface area contributed by atoms with Crippen molar-refractivity contribution in [2.24, 2.45) is 0 Å². The lowest BCUT2D eigenvalue weighted by atomic mass is 10.2. The van der Waals surface area contributed by atoms with Crippen LogP contribution in [0.3, 0.4) is 0 Å². The molecule has 0 aliphatic heterocycles. The van der Waals surface area contributed by atoms with Crippen LogP contribution in [0.5, 0.6) is 0 Å². The highest BCUT2D eigenvalue weighted by Gasteiger charge is 2.23. The highest BCUT2D eigenvalue weighted by atomic mass is 35.5. The topological polar surface area (TPSA) is 122 Å². The predicted molar refractivity (Wildman–Crippen MR) is 92.8 cm³/mol. The van der Waals surface area contributed by atoms with Crippen LogP contribution in [0.1, 0.15) is 22.8 Å². The van der Waals surface area contributed by atoms with E-state index in [1.165, 1.54) is 25.1 Å². The first-order valence-corrected chi connectivity index (χ1v) is 7.66. The van der Waals surface area contributed by atoms with Crippen molar-refractivity contribution in [3.05, 3.63) is 68.7 Å². The van der Waals surface area contributed by atoms with E-state index in [9.17, 15) is 19.7 Å². The Kier molecular flexibility index (Phi) is 5.88. The minimum atomic E-state index is -1.22. The molecule has 1 atom stereocenters. The number of hydrogen-bond acceptors (Lipinski definition) is 6. The minimum absolute atomic E-state index is 0.0389. The molecule has 2 rings (SSSR count). The summed E-state index contributed by atoms with van der Waals surface area (Å²) < 4.78 is 5.02. The molecule has 0 radical (unpaired) electrons. The van der Waals surface area contributed by atoms with Crippen LogP contribution < -0.4 is 5.32 Å². The maximum atomic E-state index is 12.2. The van der Waals surface area contributed by atoms with Crippen LogP contribution in [0, 0.1) is 21.4 Å². The fourth-order valence-electron chi connectivity index (χ4n) is 1.98. The Labute approximate surface area is 153 Å².